The van der Waals surface area contributed by atoms with Crippen molar-refractivity contribution in [1.29, 1.82) is 0 Å². The molecule has 0 amide bonds. The summed E-state index contributed by atoms with van der Waals surface area (Å²) in [6.45, 7) is 11.1. The minimum Gasteiger partial charge on any atom is -0.455 e. The van der Waals surface area contributed by atoms with E-state index in [4.69, 9.17) is 18.1 Å². The average Bonchev–Trinajstić information content (AvgIpc) is 1.57. The molecule has 18 nitrogen and oxygen atoms in total. The topological polar surface area (TPSA) is 245 Å². The van der Waals surface area contributed by atoms with Crippen molar-refractivity contribution in [2.45, 2.75) is 78.4 Å². The molecule has 0 saturated carbocycles. The van der Waals surface area contributed by atoms with Gasteiger partial charge in [0, 0.05) is 108 Å². The quantitative estimate of drug-likeness (QED) is 0.0584. The molecule has 4 aromatic heterocycles. The number of anilines is 2. The van der Waals surface area contributed by atoms with Crippen LogP contribution in [0.15, 0.2) is 145 Å². The second-order valence-electron chi connectivity index (χ2n) is 24.2. The second-order valence-corrected chi connectivity index (χ2v) is 29.0. The van der Waals surface area contributed by atoms with Crippen LogP contribution in [0, 0.1) is 23.3 Å². The summed E-state index contributed by atoms with van der Waals surface area (Å²) < 4.78 is 133. The second kappa shape index (κ2) is 26.0. The summed E-state index contributed by atoms with van der Waals surface area (Å²) in [6.07, 6.45) is 9.45. The van der Waals surface area contributed by atoms with Crippen molar-refractivity contribution >= 4 is 117 Å². The van der Waals surface area contributed by atoms with Crippen molar-refractivity contribution in [1.82, 2.24) is 19.9 Å². The smallest absolute Gasteiger partial charge is 0.455 e. The number of hydrogen-bond donors (Lipinski definition) is 2. The summed E-state index contributed by atoms with van der Waals surface area (Å²) in [5.74, 6) is -1.42. The van der Waals surface area contributed by atoms with E-state index in [0.29, 0.717) is 95.4 Å². The number of allylic oxidation sites excluding steroid dienone is 2. The number of Topliss-reactive ketones (excluding diaryl/α,β-unsaturated/α-hetero) is 2. The van der Waals surface area contributed by atoms with Gasteiger partial charge in [-0.3, -0.25) is 27.8 Å². The largest absolute Gasteiger partial charge is 0.497 e. The van der Waals surface area contributed by atoms with Gasteiger partial charge >= 0.3 is 7.12 Å². The number of carbonyl (C=O) groups is 2. The zero-order valence-corrected chi connectivity index (χ0v) is 56.7. The minimum absolute atomic E-state index is 0.0604. The van der Waals surface area contributed by atoms with Crippen molar-refractivity contribution in [3.8, 4) is 33.9 Å². The Labute approximate surface area is 558 Å². The standard InChI is InChI=1S/C32H25F2N3O5S.C25H29BFNO6S.C13H8BrFN2O/c1-4-27(38)29-23-14-22(25-16-35-32(39)30(36-25)19-12-18-6-5-7-24(34)21(18)13-19)26(37(2)43(3,40)41)15-28(23)42-31(29)17-8-10-20(33)11-9-17;1-8-20(29)22-17-13-18(26-33-24(2,3)25(4,5)34-26)19(28(6)35(7,30)31)14-21(17)32-23(22)15-9-11-16(27)12-10-15;14-11-6-16-13(18)12(17-11)8-4-7-2-1-3-10(15)9(7)5-8/h5-11,13-16H,4,12H2,1-3H3,(H,35,39);9-14H,8H2,1-7H3;1-3,5-6H,4H2,(H,16,18). The van der Waals surface area contributed by atoms with E-state index < -0.39 is 61.4 Å². The first-order valence-corrected chi connectivity index (χ1v) is 34.6. The molecule has 0 spiro atoms. The first kappa shape index (κ1) is 68.1. The van der Waals surface area contributed by atoms with Crippen molar-refractivity contribution in [3.05, 3.63) is 215 Å². The lowest BCUT2D eigenvalue weighted by Gasteiger charge is -2.32. The summed E-state index contributed by atoms with van der Waals surface area (Å²) in [5.41, 5.74) is 5.74. The van der Waals surface area contributed by atoms with E-state index in [-0.39, 0.29) is 69.8 Å². The Morgan fingerprint density at radius 1 is 0.604 bits per heavy atom. The van der Waals surface area contributed by atoms with Crippen LogP contribution in [0.3, 0.4) is 0 Å². The van der Waals surface area contributed by atoms with Crippen LogP contribution in [0.25, 0.3) is 79.1 Å². The maximum Gasteiger partial charge on any atom is 0.497 e. The van der Waals surface area contributed by atoms with E-state index in [0.717, 1.165) is 37.8 Å². The van der Waals surface area contributed by atoms with Gasteiger partial charge in [-0.2, -0.15) is 0 Å². The van der Waals surface area contributed by atoms with Gasteiger partial charge in [0.15, 0.2) is 11.6 Å². The fourth-order valence-corrected chi connectivity index (χ4v) is 12.7. The van der Waals surface area contributed by atoms with Gasteiger partial charge in [-0.1, -0.05) is 38.1 Å². The average molecular weight is 1410 g/mol. The summed E-state index contributed by atoms with van der Waals surface area (Å²) in [7, 11) is -5.50. The number of aromatic amines is 2. The number of benzene rings is 6. The Morgan fingerprint density at radius 3 is 1.48 bits per heavy atom. The van der Waals surface area contributed by atoms with Gasteiger partial charge in [0.1, 0.15) is 61.9 Å². The molecular weight excluding hydrogens is 1350 g/mol. The first-order valence-electron chi connectivity index (χ1n) is 30.1. The zero-order chi connectivity index (χ0) is 69.2. The molecule has 1 aliphatic heterocycles. The Bertz CT molecular complexity index is 5250. The minimum atomic E-state index is -3.78. The highest BCUT2D eigenvalue weighted by Crippen LogP contribution is 2.44. The van der Waals surface area contributed by atoms with Crippen molar-refractivity contribution in [2.75, 3.05) is 35.2 Å². The third-order valence-corrected chi connectivity index (χ3v) is 20.1. The van der Waals surface area contributed by atoms with Crippen LogP contribution < -0.4 is 25.2 Å². The van der Waals surface area contributed by atoms with Gasteiger partial charge < -0.3 is 28.1 Å². The summed E-state index contributed by atoms with van der Waals surface area (Å²) in [4.78, 5) is 65.0. The molecule has 5 heterocycles. The number of nitrogens with zero attached hydrogens (tertiary/aromatic N) is 4. The Balaban J connectivity index is 0.000000158. The molecule has 6 aromatic carbocycles. The van der Waals surface area contributed by atoms with Crippen molar-refractivity contribution in [2.24, 2.45) is 0 Å². The number of aromatic nitrogens is 4. The number of sulfonamides is 2. The lowest BCUT2D eigenvalue weighted by atomic mass is 9.76. The number of ketones is 2. The maximum atomic E-state index is 14.4. The Kier molecular flexibility index (Phi) is 18.4. The van der Waals surface area contributed by atoms with Crippen LogP contribution in [-0.4, -0.2) is 93.3 Å². The molecule has 10 aromatic rings. The molecule has 3 aliphatic rings. The molecule has 1 saturated heterocycles. The SMILES string of the molecule is CCC(=O)c1c(-c2ccc(F)cc2)oc2cc(N(C)S(C)(=O)=O)c(-c3c[nH]c(=O)c(C4=Cc5c(F)cccc5C4)n3)cc12.CCC(=O)c1c(-c2ccc(F)cc2)oc2cc(N(C)S(C)(=O)=O)c(B3OC(C)(C)C(C)(C)O3)cc12.O=c1[nH]cc(Br)nc1C1=Cc2c(F)cccc2C1. The number of rotatable bonds is 14. The number of H-pyrrole nitrogens is 2. The number of nitrogens with one attached hydrogen (secondary N) is 2. The van der Waals surface area contributed by atoms with Gasteiger partial charge in [-0.15, -0.1) is 0 Å². The highest BCUT2D eigenvalue weighted by molar-refractivity contribution is 9.10. The molecule has 1 fully saturated rings. The van der Waals surface area contributed by atoms with Crippen LogP contribution in [0.1, 0.15) is 109 Å². The van der Waals surface area contributed by atoms with Crippen LogP contribution in [0.4, 0.5) is 28.9 Å². The number of fused-ring (bicyclic) bond motifs is 4. The maximum absolute atomic E-state index is 14.4. The number of halogens is 5. The van der Waals surface area contributed by atoms with Gasteiger partial charge in [0.25, 0.3) is 11.1 Å². The third kappa shape index (κ3) is 13.2. The Morgan fingerprint density at radius 2 is 1.03 bits per heavy atom. The molecule has 0 unspecified atom stereocenters. The van der Waals surface area contributed by atoms with E-state index in [1.807, 2.05) is 33.8 Å². The van der Waals surface area contributed by atoms with E-state index in [9.17, 15) is 53.6 Å². The zero-order valence-electron chi connectivity index (χ0n) is 53.5. The van der Waals surface area contributed by atoms with Crippen LogP contribution in [-0.2, 0) is 42.2 Å². The summed E-state index contributed by atoms with van der Waals surface area (Å²) in [5, 5.41) is 0.905. The highest BCUT2D eigenvalue weighted by Gasteiger charge is 2.53. The molecule has 2 N–H and O–H groups in total. The molecular formula is C70H62BBrF4N6O12S2. The Hall–Kier alpha value is -9.34. The monoisotopic (exact) mass is 1410 g/mol. The van der Waals surface area contributed by atoms with E-state index in [1.165, 1.54) is 93.2 Å². The molecule has 2 aliphatic carbocycles. The van der Waals surface area contributed by atoms with E-state index in [1.54, 1.807) is 62.4 Å². The van der Waals surface area contributed by atoms with Crippen LogP contribution >= 0.6 is 15.9 Å². The first-order chi connectivity index (χ1) is 45.3. The molecule has 0 atom stereocenters. The van der Waals surface area contributed by atoms with Gasteiger partial charge in [-0.05, 0) is 151 Å². The summed E-state index contributed by atoms with van der Waals surface area (Å²) in [6, 6.07) is 27.2. The molecule has 0 radical (unpaired) electrons. The van der Waals surface area contributed by atoms with Crippen molar-refractivity contribution in [3.63, 3.8) is 0 Å². The van der Waals surface area contributed by atoms with Crippen LogP contribution in [0.2, 0.25) is 0 Å². The van der Waals surface area contributed by atoms with Gasteiger partial charge in [0.2, 0.25) is 20.0 Å². The normalized spacial score (nSPS) is 14.5. The molecule has 96 heavy (non-hydrogen) atoms. The number of furan rings is 2. The fraction of sp³-hybridized carbons (Fsp3) is 0.229. The fourth-order valence-electron chi connectivity index (χ4n) is 11.4. The molecule has 26 heteroatoms. The predicted octanol–water partition coefficient (Wildman–Crippen LogP) is 13.5. The molecule has 0 bridgehead atoms. The number of hydrogen-bond acceptors (Lipinski definition) is 14. The summed E-state index contributed by atoms with van der Waals surface area (Å²) >= 11 is 3.21. The predicted molar refractivity (Wildman–Crippen MR) is 367 cm³/mol. The van der Waals surface area contributed by atoms with Gasteiger partial charge in [0.05, 0.1) is 51.9 Å². The highest BCUT2D eigenvalue weighted by atomic mass is 79.9. The van der Waals surface area contributed by atoms with Crippen LogP contribution in [0.5, 0.6) is 0 Å². The molecule has 494 valence electrons. The lowest BCUT2D eigenvalue weighted by Crippen LogP contribution is -2.41. The third-order valence-electron chi connectivity index (χ3n) is 17.3. The van der Waals surface area contributed by atoms with Crippen molar-refractivity contribution < 1.29 is 62.1 Å². The molecule has 13 rings (SSSR count). The number of carbonyl (C=O) groups excluding carboxylic acids is 2. The lowest BCUT2D eigenvalue weighted by molar-refractivity contribution is 0.00578. The van der Waals surface area contributed by atoms with E-state index in [2.05, 4.69) is 35.9 Å². The van der Waals surface area contributed by atoms with Gasteiger partial charge in [-0.25, -0.2) is 44.4 Å². The van der Waals surface area contributed by atoms with E-state index >= 15 is 0 Å².